The smallest absolute Gasteiger partial charge is 0.341 e. The molecular weight excluding hydrogens is 337 g/mol. The molecule has 0 bridgehead atoms. The van der Waals surface area contributed by atoms with Crippen LogP contribution in [0, 0.1) is 5.82 Å². The number of anilines is 1. The Morgan fingerprint density at radius 1 is 1.31 bits per heavy atom. The van der Waals surface area contributed by atoms with Crippen molar-refractivity contribution in [3.63, 3.8) is 0 Å². The normalized spacial score (nSPS) is 13.7. The van der Waals surface area contributed by atoms with Gasteiger partial charge in [-0.1, -0.05) is 0 Å². The summed E-state index contributed by atoms with van der Waals surface area (Å²) in [5.41, 5.74) is 0.762. The molecule has 1 aromatic carbocycles. The third-order valence-corrected chi connectivity index (χ3v) is 4.52. The van der Waals surface area contributed by atoms with Crippen LogP contribution in [0.2, 0.25) is 0 Å². The van der Waals surface area contributed by atoms with Crippen LogP contribution in [0.4, 0.5) is 10.1 Å². The molecule has 1 aliphatic rings. The maximum absolute atomic E-state index is 14.5. The minimum absolute atomic E-state index is 0.0868. The first kappa shape index (κ1) is 16.3. The van der Waals surface area contributed by atoms with Gasteiger partial charge in [0.05, 0.1) is 11.2 Å². The zero-order chi connectivity index (χ0) is 18.3. The maximum atomic E-state index is 14.5. The first-order chi connectivity index (χ1) is 12.5. The Morgan fingerprint density at radius 2 is 2.04 bits per heavy atom. The minimum atomic E-state index is -1.30. The van der Waals surface area contributed by atoms with Crippen LogP contribution in [0.3, 0.4) is 0 Å². The summed E-state index contributed by atoms with van der Waals surface area (Å²) >= 11 is 0. The van der Waals surface area contributed by atoms with Crippen molar-refractivity contribution < 1.29 is 14.3 Å². The lowest BCUT2D eigenvalue weighted by Gasteiger charge is -2.14. The van der Waals surface area contributed by atoms with Crippen molar-refractivity contribution in [3.05, 3.63) is 70.0 Å². The number of nitrogens with one attached hydrogen (secondary N) is 1. The zero-order valence-corrected chi connectivity index (χ0v) is 13.8. The molecule has 0 amide bonds. The van der Waals surface area contributed by atoms with Gasteiger partial charge in [0.2, 0.25) is 5.43 Å². The predicted octanol–water partition coefficient (Wildman–Crippen LogP) is 3.18. The van der Waals surface area contributed by atoms with Gasteiger partial charge in [-0.15, -0.1) is 0 Å². The summed E-state index contributed by atoms with van der Waals surface area (Å²) in [5, 5.41) is 12.4. The molecule has 4 rings (SSSR count). The second kappa shape index (κ2) is 6.25. The maximum Gasteiger partial charge on any atom is 0.341 e. The highest BCUT2D eigenvalue weighted by Crippen LogP contribution is 2.37. The molecule has 0 unspecified atom stereocenters. The van der Waals surface area contributed by atoms with Gasteiger partial charge in [-0.05, 0) is 42.7 Å². The fourth-order valence-corrected chi connectivity index (χ4v) is 3.01. The van der Waals surface area contributed by atoms with Gasteiger partial charge in [0.25, 0.3) is 0 Å². The van der Waals surface area contributed by atoms with Crippen LogP contribution >= 0.6 is 0 Å². The standard InChI is InChI=1S/C19H16FN3O3/c20-15-7-13-17(8-16(15)22-9-11-3-5-21-6-4-11)23(12-1-2-12)10-14(18(13)24)19(25)26/h3-8,10,12,22H,1-2,9H2,(H,25,26). The molecular formula is C19H16FN3O3. The largest absolute Gasteiger partial charge is 0.477 e. The predicted molar refractivity (Wildman–Crippen MR) is 95.0 cm³/mol. The lowest BCUT2D eigenvalue weighted by Crippen LogP contribution is -2.19. The van der Waals surface area contributed by atoms with E-state index in [2.05, 4.69) is 10.3 Å². The number of pyridine rings is 2. The van der Waals surface area contributed by atoms with Crippen molar-refractivity contribution in [3.8, 4) is 0 Å². The molecule has 2 N–H and O–H groups in total. The van der Waals surface area contributed by atoms with Gasteiger partial charge in [0.1, 0.15) is 11.4 Å². The number of aromatic carboxylic acids is 1. The molecule has 0 atom stereocenters. The Kier molecular flexibility index (Phi) is 3.91. The second-order valence-electron chi connectivity index (χ2n) is 6.37. The minimum Gasteiger partial charge on any atom is -0.477 e. The highest BCUT2D eigenvalue weighted by atomic mass is 19.1. The Morgan fingerprint density at radius 3 is 2.69 bits per heavy atom. The molecule has 0 radical (unpaired) electrons. The third-order valence-electron chi connectivity index (χ3n) is 4.52. The molecule has 1 fully saturated rings. The van der Waals surface area contributed by atoms with Gasteiger partial charge < -0.3 is 15.0 Å². The Bertz CT molecular complexity index is 1060. The fourth-order valence-electron chi connectivity index (χ4n) is 3.01. The van der Waals surface area contributed by atoms with Crippen LogP contribution in [0.15, 0.2) is 47.7 Å². The number of rotatable bonds is 5. The van der Waals surface area contributed by atoms with Crippen LogP contribution in [-0.4, -0.2) is 20.6 Å². The van der Waals surface area contributed by atoms with E-state index in [9.17, 15) is 19.1 Å². The van der Waals surface area contributed by atoms with Crippen molar-refractivity contribution in [2.45, 2.75) is 25.4 Å². The highest BCUT2D eigenvalue weighted by molar-refractivity contribution is 5.93. The van der Waals surface area contributed by atoms with E-state index in [0.29, 0.717) is 12.1 Å². The number of carboxylic acid groups (broad SMARTS) is 1. The molecule has 0 saturated heterocycles. The molecule has 7 heteroatoms. The summed E-state index contributed by atoms with van der Waals surface area (Å²) in [4.78, 5) is 27.7. The monoisotopic (exact) mass is 353 g/mol. The highest BCUT2D eigenvalue weighted by Gasteiger charge is 2.27. The summed E-state index contributed by atoms with van der Waals surface area (Å²) in [6, 6.07) is 6.50. The Hall–Kier alpha value is -3.22. The lowest BCUT2D eigenvalue weighted by atomic mass is 10.1. The fraction of sp³-hybridized carbons (Fsp3) is 0.211. The molecule has 6 nitrogen and oxygen atoms in total. The van der Waals surface area contributed by atoms with Crippen molar-refractivity contribution in [2.75, 3.05) is 5.32 Å². The summed E-state index contributed by atoms with van der Waals surface area (Å²) < 4.78 is 16.3. The van der Waals surface area contributed by atoms with E-state index in [1.54, 1.807) is 23.0 Å². The summed E-state index contributed by atoms with van der Waals surface area (Å²) in [7, 11) is 0. The molecule has 0 aliphatic heterocycles. The first-order valence-electron chi connectivity index (χ1n) is 8.29. The van der Waals surface area contributed by atoms with E-state index >= 15 is 0 Å². The average molecular weight is 353 g/mol. The third kappa shape index (κ3) is 2.92. The van der Waals surface area contributed by atoms with Gasteiger partial charge in [-0.25, -0.2) is 9.18 Å². The van der Waals surface area contributed by atoms with Crippen LogP contribution in [0.5, 0.6) is 0 Å². The van der Waals surface area contributed by atoms with E-state index in [0.717, 1.165) is 24.5 Å². The van der Waals surface area contributed by atoms with E-state index in [1.807, 2.05) is 12.1 Å². The molecule has 3 aromatic rings. The Balaban J connectivity index is 1.80. The second-order valence-corrected chi connectivity index (χ2v) is 6.37. The Labute approximate surface area is 147 Å². The van der Waals surface area contributed by atoms with Crippen LogP contribution in [-0.2, 0) is 6.54 Å². The number of nitrogens with zero attached hydrogens (tertiary/aromatic N) is 2. The lowest BCUT2D eigenvalue weighted by molar-refractivity contribution is 0.0695. The number of carbonyl (C=O) groups is 1. The van der Waals surface area contributed by atoms with E-state index in [4.69, 9.17) is 0 Å². The van der Waals surface area contributed by atoms with Gasteiger partial charge >= 0.3 is 5.97 Å². The summed E-state index contributed by atoms with van der Waals surface area (Å²) in [6.07, 6.45) is 6.51. The number of benzene rings is 1. The van der Waals surface area contributed by atoms with Gasteiger partial charge in [-0.2, -0.15) is 0 Å². The molecule has 1 saturated carbocycles. The number of hydrogen-bond acceptors (Lipinski definition) is 4. The molecule has 26 heavy (non-hydrogen) atoms. The first-order valence-corrected chi connectivity index (χ1v) is 8.29. The van der Waals surface area contributed by atoms with Crippen LogP contribution < -0.4 is 10.7 Å². The SMILES string of the molecule is O=C(O)c1cn(C2CC2)c2cc(NCc3ccncc3)c(F)cc2c1=O. The zero-order valence-electron chi connectivity index (χ0n) is 13.8. The molecule has 2 aromatic heterocycles. The summed E-state index contributed by atoms with van der Waals surface area (Å²) in [5.74, 6) is -1.89. The van der Waals surface area contributed by atoms with E-state index in [1.165, 1.54) is 6.20 Å². The van der Waals surface area contributed by atoms with E-state index < -0.39 is 17.2 Å². The topological polar surface area (TPSA) is 84.2 Å². The number of fused-ring (bicyclic) bond motifs is 1. The molecule has 2 heterocycles. The van der Waals surface area contributed by atoms with Gasteiger partial charge in [0.15, 0.2) is 0 Å². The van der Waals surface area contributed by atoms with Crippen molar-refractivity contribution in [1.29, 1.82) is 0 Å². The van der Waals surface area contributed by atoms with Gasteiger partial charge in [-0.3, -0.25) is 9.78 Å². The number of hydrogen-bond donors (Lipinski definition) is 2. The average Bonchev–Trinajstić information content (AvgIpc) is 3.46. The number of halogens is 1. The van der Waals surface area contributed by atoms with Crippen molar-refractivity contribution in [2.24, 2.45) is 0 Å². The van der Waals surface area contributed by atoms with Crippen molar-refractivity contribution in [1.82, 2.24) is 9.55 Å². The summed E-state index contributed by atoms with van der Waals surface area (Å²) in [6.45, 7) is 0.409. The number of aromatic nitrogens is 2. The van der Waals surface area contributed by atoms with Gasteiger partial charge in [0, 0.05) is 36.6 Å². The van der Waals surface area contributed by atoms with E-state index in [-0.39, 0.29) is 22.7 Å². The van der Waals surface area contributed by atoms with Crippen LogP contribution in [0.25, 0.3) is 10.9 Å². The van der Waals surface area contributed by atoms with Crippen LogP contribution in [0.1, 0.15) is 34.8 Å². The molecule has 132 valence electrons. The molecule has 1 aliphatic carbocycles. The molecule has 0 spiro atoms. The quantitative estimate of drug-likeness (QED) is 0.736. The number of carboxylic acids is 1. The van der Waals surface area contributed by atoms with Crippen molar-refractivity contribution >= 4 is 22.6 Å².